The van der Waals surface area contributed by atoms with Crippen molar-refractivity contribution in [3.8, 4) is 6.07 Å². The normalized spacial score (nSPS) is 20.9. The van der Waals surface area contributed by atoms with Crippen LogP contribution in [0.15, 0.2) is 21.1 Å². The van der Waals surface area contributed by atoms with Crippen molar-refractivity contribution >= 4 is 93.0 Å². The molecular weight excluding hydrogens is 451 g/mol. The summed E-state index contributed by atoms with van der Waals surface area (Å²) in [7, 11) is 0. The third kappa shape index (κ3) is 4.55. The first-order valence-corrected chi connectivity index (χ1v) is 10.5. The zero-order valence-corrected chi connectivity index (χ0v) is 16.3. The number of β-lactam (4-membered cyclic amide) rings is 1. The number of hydrogen-bond donors (Lipinski definition) is 4. The van der Waals surface area contributed by atoms with Crippen LogP contribution in [0.2, 0.25) is 0 Å². The molecule has 5 N–H and O–H groups in total. The van der Waals surface area contributed by atoms with Gasteiger partial charge in [0.05, 0.1) is 11.8 Å². The van der Waals surface area contributed by atoms with Crippen LogP contribution in [-0.2, 0) is 14.4 Å². The molecule has 29 heavy (non-hydrogen) atoms. The Morgan fingerprint density at radius 3 is 2.83 bits per heavy atom. The van der Waals surface area contributed by atoms with Crippen LogP contribution in [0, 0.1) is 11.3 Å². The number of thioether (sulfide) groups is 2. The molecule has 0 bridgehead atoms. The molecule has 0 aliphatic carbocycles. The van der Waals surface area contributed by atoms with Gasteiger partial charge in [-0.3, -0.25) is 14.5 Å². The maximum atomic E-state index is 12.5. The van der Waals surface area contributed by atoms with Gasteiger partial charge in [0, 0.05) is 16.0 Å². The molecular formula is C14H13N6NaO5S3. The number of carbonyl (C=O) groups is 3. The molecule has 11 nitrogen and oxygen atoms in total. The fourth-order valence-corrected chi connectivity index (χ4v) is 5.48. The van der Waals surface area contributed by atoms with E-state index in [9.17, 15) is 19.5 Å². The summed E-state index contributed by atoms with van der Waals surface area (Å²) in [6.07, 6.45) is 0. The quantitative estimate of drug-likeness (QED) is 0.137. The molecule has 15 heteroatoms. The van der Waals surface area contributed by atoms with Crippen molar-refractivity contribution in [2.24, 2.45) is 5.16 Å². The Kier molecular flexibility index (Phi) is 7.97. The molecule has 2 aliphatic rings. The van der Waals surface area contributed by atoms with E-state index in [1.54, 1.807) is 0 Å². The summed E-state index contributed by atoms with van der Waals surface area (Å²) in [5, 5.41) is 33.7. The minimum absolute atomic E-state index is 0. The Balaban J connectivity index is 0.00000300. The van der Waals surface area contributed by atoms with Crippen LogP contribution in [0.1, 0.15) is 5.69 Å². The average Bonchev–Trinajstić information content (AvgIpc) is 3.09. The van der Waals surface area contributed by atoms with Gasteiger partial charge in [0.1, 0.15) is 22.8 Å². The van der Waals surface area contributed by atoms with Gasteiger partial charge in [0.25, 0.3) is 11.8 Å². The van der Waals surface area contributed by atoms with Crippen LogP contribution in [0.5, 0.6) is 0 Å². The molecule has 1 aromatic rings. The number of thiazole rings is 1. The van der Waals surface area contributed by atoms with Crippen LogP contribution >= 0.6 is 34.9 Å². The van der Waals surface area contributed by atoms with Crippen LogP contribution < -0.4 is 11.1 Å². The number of fused-ring (bicyclic) bond motifs is 1. The van der Waals surface area contributed by atoms with Crippen molar-refractivity contribution in [1.82, 2.24) is 15.2 Å². The van der Waals surface area contributed by atoms with Crippen molar-refractivity contribution < 1.29 is 24.7 Å². The van der Waals surface area contributed by atoms with Crippen molar-refractivity contribution in [2.45, 2.75) is 11.4 Å². The van der Waals surface area contributed by atoms with E-state index in [1.807, 2.05) is 6.07 Å². The first kappa shape index (κ1) is 23.5. The Bertz CT molecular complexity index is 958. The third-order valence-corrected chi connectivity index (χ3v) is 6.91. The summed E-state index contributed by atoms with van der Waals surface area (Å²) < 4.78 is 0. The molecule has 0 radical (unpaired) electrons. The molecule has 1 fully saturated rings. The summed E-state index contributed by atoms with van der Waals surface area (Å²) in [5.41, 5.74) is 4.98. The number of carbonyl (C=O) groups excluding carboxylic acids is 2. The van der Waals surface area contributed by atoms with E-state index in [1.165, 1.54) is 17.1 Å². The number of aliphatic carboxylic acids is 1. The van der Waals surface area contributed by atoms with Crippen LogP contribution in [0.4, 0.5) is 5.13 Å². The fraction of sp³-hybridized carbons (Fsp3) is 0.286. The number of rotatable bonds is 6. The van der Waals surface area contributed by atoms with Gasteiger partial charge < -0.3 is 21.4 Å². The van der Waals surface area contributed by atoms with Gasteiger partial charge in [-0.25, -0.2) is 9.78 Å². The van der Waals surface area contributed by atoms with Gasteiger partial charge in [-0.1, -0.05) is 5.16 Å². The minimum atomic E-state index is -1.28. The van der Waals surface area contributed by atoms with Crippen LogP contribution in [-0.4, -0.2) is 96.2 Å². The summed E-state index contributed by atoms with van der Waals surface area (Å²) in [6, 6.07) is 0.932. The Labute approximate surface area is 198 Å². The molecule has 148 valence electrons. The zero-order chi connectivity index (χ0) is 20.4. The van der Waals surface area contributed by atoms with Crippen molar-refractivity contribution in [2.75, 3.05) is 17.2 Å². The zero-order valence-electron chi connectivity index (χ0n) is 13.9. The van der Waals surface area contributed by atoms with Gasteiger partial charge in [-0.2, -0.15) is 5.26 Å². The first-order chi connectivity index (χ1) is 13.4. The van der Waals surface area contributed by atoms with Gasteiger partial charge in [-0.05, 0) is 0 Å². The number of nitrogens with zero attached hydrogens (tertiary/aromatic N) is 4. The van der Waals surface area contributed by atoms with E-state index in [2.05, 4.69) is 15.5 Å². The second-order valence-corrected chi connectivity index (χ2v) is 8.47. The number of anilines is 1. The number of nitriles is 1. The molecule has 3 heterocycles. The Hall–Kier alpha value is -1.76. The predicted octanol–water partition coefficient (Wildman–Crippen LogP) is -0.792. The molecule has 1 saturated heterocycles. The molecule has 0 aromatic carbocycles. The number of nitrogen functional groups attached to an aromatic ring is 1. The summed E-state index contributed by atoms with van der Waals surface area (Å²) >= 11 is 3.38. The molecule has 0 unspecified atom stereocenters. The van der Waals surface area contributed by atoms with Crippen molar-refractivity contribution in [3.05, 3.63) is 21.7 Å². The number of hydrogen-bond acceptors (Lipinski definition) is 11. The van der Waals surface area contributed by atoms with Gasteiger partial charge >= 0.3 is 35.5 Å². The number of aromatic nitrogens is 1. The molecule has 3 rings (SSSR count). The van der Waals surface area contributed by atoms with Gasteiger partial charge in [-0.15, -0.1) is 34.9 Å². The molecule has 1 aromatic heterocycles. The van der Waals surface area contributed by atoms with E-state index >= 15 is 0 Å². The first-order valence-electron chi connectivity index (χ1n) is 7.54. The van der Waals surface area contributed by atoms with E-state index in [-0.39, 0.29) is 51.8 Å². The number of oxime groups is 1. The predicted molar refractivity (Wildman–Crippen MR) is 110 cm³/mol. The molecule has 2 aliphatic heterocycles. The maximum absolute atomic E-state index is 12.5. The Morgan fingerprint density at radius 2 is 2.28 bits per heavy atom. The van der Waals surface area contributed by atoms with E-state index in [0.29, 0.717) is 10.7 Å². The summed E-state index contributed by atoms with van der Waals surface area (Å²) in [6.45, 7) is 0. The molecule has 2 atom stereocenters. The van der Waals surface area contributed by atoms with Crippen LogP contribution in [0.25, 0.3) is 0 Å². The number of amides is 2. The second-order valence-electron chi connectivity index (χ2n) is 5.40. The van der Waals surface area contributed by atoms with Gasteiger partial charge in [0.2, 0.25) is 0 Å². The summed E-state index contributed by atoms with van der Waals surface area (Å²) in [4.78, 5) is 41.9. The third-order valence-electron chi connectivity index (χ3n) is 3.81. The van der Waals surface area contributed by atoms with Crippen LogP contribution in [0.3, 0.4) is 0 Å². The Morgan fingerprint density at radius 1 is 1.55 bits per heavy atom. The van der Waals surface area contributed by atoms with Crippen molar-refractivity contribution in [1.29, 1.82) is 5.26 Å². The van der Waals surface area contributed by atoms with E-state index in [4.69, 9.17) is 16.2 Å². The molecule has 0 saturated carbocycles. The fourth-order valence-electron chi connectivity index (χ4n) is 2.64. The average molecular weight is 464 g/mol. The standard InChI is InChI=1S/C14H12N6O5S3.Na.H/c15-1-2-26-6-4-27-12-8(11(22)20(12)9(6)13(23)24)18-10(21)7(19-25)5-3-28-14(16)17-5;;/h3,8,12,25H,2,4H2,(H2,16,17)(H,18,21)(H,23,24);;/b19-7-;;/t8-,12-;;/m1../s1. The van der Waals surface area contributed by atoms with Gasteiger partial charge in [0.15, 0.2) is 10.8 Å². The number of nitrogens with one attached hydrogen (secondary N) is 1. The second kappa shape index (κ2) is 9.83. The molecule has 0 spiro atoms. The topological polar surface area (TPSA) is 182 Å². The monoisotopic (exact) mass is 464 g/mol. The molecule has 2 amide bonds. The van der Waals surface area contributed by atoms with E-state index < -0.39 is 34.9 Å². The number of carboxylic acids is 1. The van der Waals surface area contributed by atoms with E-state index in [0.717, 1.165) is 28.0 Å². The number of nitrogens with two attached hydrogens (primary N) is 1. The number of carboxylic acid groups (broad SMARTS) is 1. The SMILES string of the molecule is N#CCSC1=C(C(=O)O)N2C(=O)[C@@H](NC(=O)/C(=N\O)c3csc(N)n3)[C@H]2SC1.[NaH]. The van der Waals surface area contributed by atoms with Crippen molar-refractivity contribution in [3.63, 3.8) is 0 Å². The summed E-state index contributed by atoms with van der Waals surface area (Å²) in [5.74, 6) is -2.37.